The molecule has 1 atom stereocenters. The minimum absolute atomic E-state index is 0.269. The summed E-state index contributed by atoms with van der Waals surface area (Å²) in [5, 5.41) is 24.5. The first-order valence-electron chi connectivity index (χ1n) is 5.79. The molecule has 1 aliphatic rings. The molecule has 6 nitrogen and oxygen atoms in total. The first-order valence-corrected chi connectivity index (χ1v) is 7.76. The molecule has 0 saturated carbocycles. The Morgan fingerprint density at radius 3 is 3.00 bits per heavy atom. The van der Waals surface area contributed by atoms with Crippen LogP contribution in [0.4, 0.5) is 9.93 Å². The highest BCUT2D eigenvalue weighted by Gasteiger charge is 2.31. The normalized spacial score (nSPS) is 23.0. The minimum Gasteiger partial charge on any atom is -0.387 e. The number of nitrogens with one attached hydrogen (secondary N) is 2. The van der Waals surface area contributed by atoms with Crippen LogP contribution in [0.25, 0.3) is 0 Å². The van der Waals surface area contributed by atoms with Gasteiger partial charge in [-0.25, -0.2) is 4.79 Å². The van der Waals surface area contributed by atoms with Crippen molar-refractivity contribution in [3.63, 3.8) is 0 Å². The Balaban J connectivity index is 1.78. The van der Waals surface area contributed by atoms with Crippen LogP contribution in [0.15, 0.2) is 0 Å². The molecule has 0 spiro atoms. The first kappa shape index (κ1) is 13.6. The van der Waals surface area contributed by atoms with E-state index in [1.165, 1.54) is 11.3 Å². The summed E-state index contributed by atoms with van der Waals surface area (Å²) in [7, 11) is 0. The fourth-order valence-electron chi connectivity index (χ4n) is 1.57. The van der Waals surface area contributed by atoms with E-state index in [0.717, 1.165) is 23.6 Å². The summed E-state index contributed by atoms with van der Waals surface area (Å²) < 4.78 is 0. The van der Waals surface area contributed by atoms with E-state index in [9.17, 15) is 9.90 Å². The maximum atomic E-state index is 11.6. The van der Waals surface area contributed by atoms with Gasteiger partial charge in [-0.1, -0.05) is 18.3 Å². The maximum Gasteiger partial charge on any atom is 0.321 e. The number of aliphatic hydroxyl groups is 1. The van der Waals surface area contributed by atoms with Crippen molar-refractivity contribution in [3.05, 3.63) is 5.01 Å². The second kappa shape index (κ2) is 5.85. The number of amides is 2. The van der Waals surface area contributed by atoms with Crippen molar-refractivity contribution in [3.8, 4) is 0 Å². The Morgan fingerprint density at radius 1 is 1.56 bits per heavy atom. The van der Waals surface area contributed by atoms with Crippen molar-refractivity contribution >= 4 is 34.3 Å². The van der Waals surface area contributed by atoms with Gasteiger partial charge in [-0.05, 0) is 18.6 Å². The molecule has 2 amide bonds. The summed E-state index contributed by atoms with van der Waals surface area (Å²) >= 11 is 3.06. The molecule has 0 aliphatic carbocycles. The smallest absolute Gasteiger partial charge is 0.321 e. The monoisotopic (exact) mass is 288 g/mol. The predicted octanol–water partition coefficient (Wildman–Crippen LogP) is 1.09. The fourth-order valence-corrected chi connectivity index (χ4v) is 3.54. The van der Waals surface area contributed by atoms with Crippen molar-refractivity contribution in [2.45, 2.75) is 25.4 Å². The van der Waals surface area contributed by atoms with Gasteiger partial charge in [0.05, 0.1) is 5.60 Å². The first-order chi connectivity index (χ1) is 8.61. The highest BCUT2D eigenvalue weighted by atomic mass is 32.2. The number of nitrogens with zero attached hydrogens (tertiary/aromatic N) is 2. The molecule has 1 fully saturated rings. The van der Waals surface area contributed by atoms with Crippen LogP contribution in [-0.4, -0.2) is 45.0 Å². The molecule has 3 N–H and O–H groups in total. The van der Waals surface area contributed by atoms with E-state index in [-0.39, 0.29) is 12.6 Å². The van der Waals surface area contributed by atoms with E-state index in [1.807, 2.05) is 6.92 Å². The summed E-state index contributed by atoms with van der Waals surface area (Å²) in [6, 6.07) is -0.348. The second-order valence-corrected chi connectivity index (χ2v) is 6.36. The fraction of sp³-hybridized carbons (Fsp3) is 0.700. The Morgan fingerprint density at radius 2 is 2.39 bits per heavy atom. The Kier molecular flexibility index (Phi) is 4.41. The SMILES string of the molecule is CCc1nnc(NC(=O)NCC2(O)CCSC2)s1. The van der Waals surface area contributed by atoms with Gasteiger partial charge in [0, 0.05) is 12.3 Å². The predicted molar refractivity (Wildman–Crippen MR) is 73.2 cm³/mol. The zero-order valence-corrected chi connectivity index (χ0v) is 11.7. The zero-order chi connectivity index (χ0) is 13.0. The third kappa shape index (κ3) is 3.56. The summed E-state index contributed by atoms with van der Waals surface area (Å²) in [4.78, 5) is 11.6. The van der Waals surface area contributed by atoms with Gasteiger partial charge in [0.25, 0.3) is 0 Å². The van der Waals surface area contributed by atoms with Crippen LogP contribution >= 0.6 is 23.1 Å². The van der Waals surface area contributed by atoms with Gasteiger partial charge < -0.3 is 10.4 Å². The van der Waals surface area contributed by atoms with Crippen molar-refractivity contribution in [2.75, 3.05) is 23.4 Å². The van der Waals surface area contributed by atoms with E-state index in [0.29, 0.717) is 10.9 Å². The number of anilines is 1. The molecule has 1 unspecified atom stereocenters. The van der Waals surface area contributed by atoms with Crippen LogP contribution in [0.5, 0.6) is 0 Å². The van der Waals surface area contributed by atoms with Crippen molar-refractivity contribution in [2.24, 2.45) is 0 Å². The molecule has 1 aliphatic heterocycles. The molecule has 0 aromatic carbocycles. The van der Waals surface area contributed by atoms with Crippen LogP contribution in [0.2, 0.25) is 0 Å². The minimum atomic E-state index is -0.766. The number of hydrogen-bond donors (Lipinski definition) is 3. The standard InChI is InChI=1S/C10H16N4O2S2/c1-2-7-13-14-9(18-7)12-8(15)11-5-10(16)3-4-17-6-10/h16H,2-6H2,1H3,(H2,11,12,14,15). The molecular weight excluding hydrogens is 272 g/mol. The molecule has 2 rings (SSSR count). The van der Waals surface area contributed by atoms with Gasteiger partial charge in [-0.3, -0.25) is 5.32 Å². The Bertz CT molecular complexity index is 418. The molecule has 1 aromatic rings. The number of aryl methyl sites for hydroxylation is 1. The summed E-state index contributed by atoms with van der Waals surface area (Å²) in [6.45, 7) is 2.25. The lowest BCUT2D eigenvalue weighted by Gasteiger charge is -2.21. The summed E-state index contributed by atoms with van der Waals surface area (Å²) in [6.07, 6.45) is 1.52. The van der Waals surface area contributed by atoms with Gasteiger partial charge in [0.2, 0.25) is 5.13 Å². The summed E-state index contributed by atoms with van der Waals surface area (Å²) in [5.74, 6) is 1.61. The Hall–Kier alpha value is -0.860. The second-order valence-electron chi connectivity index (χ2n) is 4.19. The highest BCUT2D eigenvalue weighted by molar-refractivity contribution is 7.99. The third-order valence-electron chi connectivity index (χ3n) is 2.65. The molecule has 8 heteroatoms. The lowest BCUT2D eigenvalue weighted by Crippen LogP contribution is -2.44. The molecule has 0 radical (unpaired) electrons. The van der Waals surface area contributed by atoms with E-state index in [1.54, 1.807) is 11.8 Å². The Labute approximate surface area is 114 Å². The van der Waals surface area contributed by atoms with Crippen LogP contribution in [0.3, 0.4) is 0 Å². The number of urea groups is 1. The zero-order valence-electron chi connectivity index (χ0n) is 10.1. The molecule has 18 heavy (non-hydrogen) atoms. The number of carbonyl (C=O) groups is 1. The molecule has 1 aromatic heterocycles. The highest BCUT2D eigenvalue weighted by Crippen LogP contribution is 2.26. The molecule has 100 valence electrons. The van der Waals surface area contributed by atoms with E-state index in [4.69, 9.17) is 0 Å². The van der Waals surface area contributed by atoms with Crippen LogP contribution in [-0.2, 0) is 6.42 Å². The van der Waals surface area contributed by atoms with E-state index < -0.39 is 5.60 Å². The van der Waals surface area contributed by atoms with Crippen LogP contribution < -0.4 is 10.6 Å². The average molecular weight is 288 g/mol. The van der Waals surface area contributed by atoms with Gasteiger partial charge in [0.15, 0.2) is 0 Å². The molecular formula is C10H16N4O2S2. The van der Waals surface area contributed by atoms with E-state index >= 15 is 0 Å². The number of carbonyl (C=O) groups excluding carboxylic acids is 1. The quantitative estimate of drug-likeness (QED) is 0.772. The maximum absolute atomic E-state index is 11.6. The molecule has 2 heterocycles. The lowest BCUT2D eigenvalue weighted by atomic mass is 10.0. The topological polar surface area (TPSA) is 87.1 Å². The number of thioether (sulfide) groups is 1. The lowest BCUT2D eigenvalue weighted by molar-refractivity contribution is 0.0706. The third-order valence-corrected chi connectivity index (χ3v) is 4.87. The molecule has 0 bridgehead atoms. The van der Waals surface area contributed by atoms with Gasteiger partial charge in [-0.15, -0.1) is 10.2 Å². The molecule has 1 saturated heterocycles. The van der Waals surface area contributed by atoms with Gasteiger partial charge in [0.1, 0.15) is 5.01 Å². The van der Waals surface area contributed by atoms with Crippen molar-refractivity contribution < 1.29 is 9.90 Å². The average Bonchev–Trinajstić information content (AvgIpc) is 2.96. The van der Waals surface area contributed by atoms with E-state index in [2.05, 4.69) is 20.8 Å². The van der Waals surface area contributed by atoms with Gasteiger partial charge >= 0.3 is 6.03 Å². The number of aromatic nitrogens is 2. The number of hydrogen-bond acceptors (Lipinski definition) is 6. The van der Waals surface area contributed by atoms with Crippen LogP contribution in [0, 0.1) is 0 Å². The van der Waals surface area contributed by atoms with Crippen molar-refractivity contribution in [1.29, 1.82) is 0 Å². The largest absolute Gasteiger partial charge is 0.387 e. The summed E-state index contributed by atoms with van der Waals surface area (Å²) in [5.41, 5.74) is -0.766. The van der Waals surface area contributed by atoms with Crippen molar-refractivity contribution in [1.82, 2.24) is 15.5 Å². The van der Waals surface area contributed by atoms with Gasteiger partial charge in [-0.2, -0.15) is 11.8 Å². The van der Waals surface area contributed by atoms with Crippen LogP contribution in [0.1, 0.15) is 18.4 Å². The number of rotatable bonds is 4.